The minimum atomic E-state index is -3.71. The number of benzene rings is 1. The third kappa shape index (κ3) is 4.91. The number of rotatable bonds is 7. The Morgan fingerprint density at radius 2 is 2.00 bits per heavy atom. The van der Waals surface area contributed by atoms with Crippen LogP contribution in [-0.2, 0) is 10.0 Å². The van der Waals surface area contributed by atoms with Gasteiger partial charge in [0, 0.05) is 17.6 Å². The Labute approximate surface area is 127 Å². The van der Waals surface area contributed by atoms with Crippen LogP contribution >= 0.6 is 0 Å². The fourth-order valence-electron chi connectivity index (χ4n) is 2.33. The molecule has 0 amide bonds. The van der Waals surface area contributed by atoms with E-state index in [1.807, 2.05) is 13.8 Å². The van der Waals surface area contributed by atoms with E-state index in [4.69, 9.17) is 5.73 Å². The van der Waals surface area contributed by atoms with Gasteiger partial charge in [-0.1, -0.05) is 26.0 Å². The first-order valence-electron chi connectivity index (χ1n) is 6.95. The highest BCUT2D eigenvalue weighted by Crippen LogP contribution is 2.20. The predicted molar refractivity (Wildman–Crippen MR) is 83.7 cm³/mol. The van der Waals surface area contributed by atoms with Crippen LogP contribution in [0.4, 0.5) is 0 Å². The van der Waals surface area contributed by atoms with Gasteiger partial charge >= 0.3 is 0 Å². The Morgan fingerprint density at radius 3 is 2.48 bits per heavy atom. The van der Waals surface area contributed by atoms with E-state index in [2.05, 4.69) is 4.72 Å². The molecule has 21 heavy (non-hydrogen) atoms. The van der Waals surface area contributed by atoms with Crippen molar-refractivity contribution in [3.05, 3.63) is 29.8 Å². The molecule has 5 nitrogen and oxygen atoms in total. The van der Waals surface area contributed by atoms with Gasteiger partial charge in [-0.05, 0) is 38.3 Å². The van der Waals surface area contributed by atoms with Crippen LogP contribution in [0.5, 0.6) is 0 Å². The number of carbonyl (C=O) groups excluding carboxylic acids is 1. The maximum atomic E-state index is 12.5. The molecule has 0 saturated carbocycles. The van der Waals surface area contributed by atoms with Crippen LogP contribution in [0.15, 0.2) is 29.2 Å². The number of nitrogens with two attached hydrogens (primary N) is 1. The number of hydrogen-bond acceptors (Lipinski definition) is 4. The molecule has 6 heteroatoms. The topological polar surface area (TPSA) is 89.3 Å². The van der Waals surface area contributed by atoms with E-state index in [-0.39, 0.29) is 17.2 Å². The van der Waals surface area contributed by atoms with Crippen molar-refractivity contribution in [2.75, 3.05) is 6.54 Å². The first-order valence-corrected chi connectivity index (χ1v) is 8.43. The van der Waals surface area contributed by atoms with Crippen LogP contribution in [0.3, 0.4) is 0 Å². The number of nitrogens with one attached hydrogen (secondary N) is 1. The molecule has 0 aliphatic rings. The summed E-state index contributed by atoms with van der Waals surface area (Å²) in [7, 11) is -3.71. The first kappa shape index (κ1) is 17.8. The summed E-state index contributed by atoms with van der Waals surface area (Å²) in [6.07, 6.45) is 0.634. The summed E-state index contributed by atoms with van der Waals surface area (Å²) in [6, 6.07) is 6.02. The van der Waals surface area contributed by atoms with Gasteiger partial charge in [-0.25, -0.2) is 13.1 Å². The van der Waals surface area contributed by atoms with Crippen LogP contribution in [0.25, 0.3) is 0 Å². The third-order valence-electron chi connectivity index (χ3n) is 3.24. The quantitative estimate of drug-likeness (QED) is 0.753. The van der Waals surface area contributed by atoms with Crippen molar-refractivity contribution < 1.29 is 13.2 Å². The van der Waals surface area contributed by atoms with Gasteiger partial charge in [-0.3, -0.25) is 4.79 Å². The monoisotopic (exact) mass is 312 g/mol. The zero-order valence-corrected chi connectivity index (χ0v) is 13.8. The number of hydrogen-bond donors (Lipinski definition) is 2. The SMILES string of the molecule is CC(=O)c1cccc(S(=O)(=O)NC(C)(CN)CC(C)C)c1. The molecule has 3 N–H and O–H groups in total. The van der Waals surface area contributed by atoms with E-state index in [1.54, 1.807) is 19.1 Å². The molecule has 118 valence electrons. The van der Waals surface area contributed by atoms with Gasteiger partial charge in [-0.2, -0.15) is 0 Å². The lowest BCUT2D eigenvalue weighted by atomic mass is 9.92. The van der Waals surface area contributed by atoms with Crippen molar-refractivity contribution in [2.45, 2.75) is 44.6 Å². The summed E-state index contributed by atoms with van der Waals surface area (Å²) in [5.74, 6) is 0.139. The molecule has 1 aromatic carbocycles. The molecule has 0 bridgehead atoms. The maximum absolute atomic E-state index is 12.5. The second-order valence-electron chi connectivity index (χ2n) is 6.05. The van der Waals surface area contributed by atoms with Gasteiger partial charge in [0.05, 0.1) is 4.90 Å². The number of ketones is 1. The summed E-state index contributed by atoms with van der Waals surface area (Å²) in [5.41, 5.74) is 5.40. The van der Waals surface area contributed by atoms with Gasteiger partial charge in [0.15, 0.2) is 5.78 Å². The molecule has 1 aromatic rings. The van der Waals surface area contributed by atoms with Crippen LogP contribution in [0.2, 0.25) is 0 Å². The minimum absolute atomic E-state index is 0.0821. The van der Waals surface area contributed by atoms with Gasteiger partial charge < -0.3 is 5.73 Å². The second kappa shape index (κ2) is 6.68. The smallest absolute Gasteiger partial charge is 0.241 e. The molecule has 0 aliphatic carbocycles. The predicted octanol–water partition coefficient (Wildman–Crippen LogP) is 1.93. The summed E-state index contributed by atoms with van der Waals surface area (Å²) in [4.78, 5) is 11.5. The van der Waals surface area contributed by atoms with E-state index in [1.165, 1.54) is 19.1 Å². The lowest BCUT2D eigenvalue weighted by Gasteiger charge is -2.30. The van der Waals surface area contributed by atoms with Crippen LogP contribution in [0.1, 0.15) is 44.5 Å². The zero-order chi connectivity index (χ0) is 16.3. The molecule has 0 spiro atoms. The molecule has 1 atom stereocenters. The molecular weight excluding hydrogens is 288 g/mol. The Kier molecular flexibility index (Phi) is 5.67. The maximum Gasteiger partial charge on any atom is 0.241 e. The Hall–Kier alpha value is -1.24. The number of carbonyl (C=O) groups is 1. The van der Waals surface area contributed by atoms with Gasteiger partial charge in [0.2, 0.25) is 10.0 Å². The molecule has 0 radical (unpaired) electrons. The van der Waals surface area contributed by atoms with E-state index < -0.39 is 15.6 Å². The molecule has 0 saturated heterocycles. The largest absolute Gasteiger partial charge is 0.329 e. The Morgan fingerprint density at radius 1 is 1.38 bits per heavy atom. The highest BCUT2D eigenvalue weighted by atomic mass is 32.2. The standard InChI is InChI=1S/C15H24N2O3S/c1-11(2)9-15(4,10-16)17-21(19,20)14-7-5-6-13(8-14)12(3)18/h5-8,11,17H,9-10,16H2,1-4H3. The van der Waals surface area contributed by atoms with Crippen LogP contribution in [0, 0.1) is 5.92 Å². The summed E-state index contributed by atoms with van der Waals surface area (Å²) in [6.45, 7) is 7.43. The van der Waals surface area contributed by atoms with Gasteiger partial charge in [-0.15, -0.1) is 0 Å². The number of Topliss-reactive ketones (excluding diaryl/α,β-unsaturated/α-hetero) is 1. The van der Waals surface area contributed by atoms with Crippen molar-refractivity contribution in [2.24, 2.45) is 11.7 Å². The summed E-state index contributed by atoms with van der Waals surface area (Å²) < 4.78 is 27.6. The molecule has 1 rings (SSSR count). The fraction of sp³-hybridized carbons (Fsp3) is 0.533. The molecule has 0 fully saturated rings. The molecule has 0 aliphatic heterocycles. The third-order valence-corrected chi connectivity index (χ3v) is 4.88. The summed E-state index contributed by atoms with van der Waals surface area (Å²) >= 11 is 0. The number of sulfonamides is 1. The van der Waals surface area contributed by atoms with E-state index in [0.29, 0.717) is 17.9 Å². The lowest BCUT2D eigenvalue weighted by molar-refractivity contribution is 0.101. The van der Waals surface area contributed by atoms with E-state index in [9.17, 15) is 13.2 Å². The summed E-state index contributed by atoms with van der Waals surface area (Å²) in [5, 5.41) is 0. The molecule has 0 aromatic heterocycles. The fourth-order valence-corrected chi connectivity index (χ4v) is 3.81. The van der Waals surface area contributed by atoms with Crippen molar-refractivity contribution in [1.82, 2.24) is 4.72 Å². The highest BCUT2D eigenvalue weighted by molar-refractivity contribution is 7.89. The van der Waals surface area contributed by atoms with Crippen molar-refractivity contribution >= 4 is 15.8 Å². The molecular formula is C15H24N2O3S. The van der Waals surface area contributed by atoms with Gasteiger partial charge in [0.25, 0.3) is 0 Å². The average Bonchev–Trinajstić information content (AvgIpc) is 2.37. The van der Waals surface area contributed by atoms with Crippen LogP contribution in [-0.4, -0.2) is 26.3 Å². The van der Waals surface area contributed by atoms with Crippen LogP contribution < -0.4 is 10.5 Å². The minimum Gasteiger partial charge on any atom is -0.329 e. The van der Waals surface area contributed by atoms with Gasteiger partial charge in [0.1, 0.15) is 0 Å². The first-order chi connectivity index (χ1) is 9.59. The highest BCUT2D eigenvalue weighted by Gasteiger charge is 2.30. The average molecular weight is 312 g/mol. The van der Waals surface area contributed by atoms with E-state index >= 15 is 0 Å². The van der Waals surface area contributed by atoms with Crippen molar-refractivity contribution in [3.63, 3.8) is 0 Å². The van der Waals surface area contributed by atoms with Crippen molar-refractivity contribution in [1.29, 1.82) is 0 Å². The molecule has 0 heterocycles. The zero-order valence-electron chi connectivity index (χ0n) is 13.0. The molecule has 1 unspecified atom stereocenters. The Bertz CT molecular complexity index is 611. The van der Waals surface area contributed by atoms with E-state index in [0.717, 1.165) is 0 Å². The second-order valence-corrected chi connectivity index (χ2v) is 7.73. The van der Waals surface area contributed by atoms with Crippen molar-refractivity contribution in [3.8, 4) is 0 Å². The Balaban J connectivity index is 3.11. The normalized spacial score (nSPS) is 15.0. The lowest BCUT2D eigenvalue weighted by Crippen LogP contribution is -2.52.